The summed E-state index contributed by atoms with van der Waals surface area (Å²) in [4.78, 5) is 18.1. The van der Waals surface area contributed by atoms with E-state index in [-0.39, 0.29) is 17.1 Å². The topological polar surface area (TPSA) is 41.4 Å². The monoisotopic (exact) mass is 460 g/mol. The van der Waals surface area contributed by atoms with Crippen LogP contribution < -0.4 is 4.90 Å². The SMILES string of the molecule is O=C(c1ccc(F)s1)N(c1ccn(-c2ccccc2)n1)C1CCN(Cc2ccccc2)CC1. The fourth-order valence-corrected chi connectivity index (χ4v) is 5.02. The van der Waals surface area contributed by atoms with E-state index in [2.05, 4.69) is 29.2 Å². The summed E-state index contributed by atoms with van der Waals surface area (Å²) in [7, 11) is 0. The molecule has 2 aromatic carbocycles. The van der Waals surface area contributed by atoms with E-state index in [0.29, 0.717) is 10.7 Å². The van der Waals surface area contributed by atoms with Crippen LogP contribution in [0, 0.1) is 5.13 Å². The largest absolute Gasteiger partial charge is 0.299 e. The molecule has 1 saturated heterocycles. The smallest absolute Gasteiger partial charge is 0.269 e. The fourth-order valence-electron chi connectivity index (χ4n) is 4.35. The number of carbonyl (C=O) groups excluding carboxylic acids is 1. The zero-order chi connectivity index (χ0) is 22.6. The second-order valence-electron chi connectivity index (χ2n) is 8.23. The number of aromatic nitrogens is 2. The van der Waals surface area contributed by atoms with Crippen LogP contribution in [0.2, 0.25) is 0 Å². The van der Waals surface area contributed by atoms with Crippen molar-refractivity contribution < 1.29 is 9.18 Å². The van der Waals surface area contributed by atoms with Crippen molar-refractivity contribution in [2.75, 3.05) is 18.0 Å². The van der Waals surface area contributed by atoms with Crippen LogP contribution in [0.25, 0.3) is 5.69 Å². The number of likely N-dealkylation sites (tertiary alicyclic amines) is 1. The van der Waals surface area contributed by atoms with Crippen LogP contribution in [0.3, 0.4) is 0 Å². The molecule has 0 bridgehead atoms. The van der Waals surface area contributed by atoms with Crippen LogP contribution in [0.5, 0.6) is 0 Å². The number of anilines is 1. The number of nitrogens with zero attached hydrogens (tertiary/aromatic N) is 4. The number of hydrogen-bond donors (Lipinski definition) is 0. The maximum absolute atomic E-state index is 13.7. The molecule has 5 rings (SSSR count). The summed E-state index contributed by atoms with van der Waals surface area (Å²) in [6.07, 6.45) is 3.54. The number of para-hydroxylation sites is 1. The number of rotatable bonds is 6. The lowest BCUT2D eigenvalue weighted by Gasteiger charge is -2.37. The Labute approximate surface area is 196 Å². The second-order valence-corrected chi connectivity index (χ2v) is 9.26. The molecule has 0 spiro atoms. The van der Waals surface area contributed by atoms with E-state index in [4.69, 9.17) is 5.10 Å². The predicted octanol–water partition coefficient (Wildman–Crippen LogP) is 5.38. The van der Waals surface area contributed by atoms with E-state index in [1.807, 2.05) is 48.7 Å². The van der Waals surface area contributed by atoms with Crippen molar-refractivity contribution in [3.8, 4) is 5.69 Å². The van der Waals surface area contributed by atoms with Gasteiger partial charge < -0.3 is 0 Å². The molecular weight excluding hydrogens is 435 g/mol. The number of piperidine rings is 1. The van der Waals surface area contributed by atoms with E-state index in [1.165, 1.54) is 11.6 Å². The van der Waals surface area contributed by atoms with Gasteiger partial charge in [-0.05, 0) is 42.7 Å². The average molecular weight is 461 g/mol. The van der Waals surface area contributed by atoms with E-state index >= 15 is 0 Å². The van der Waals surface area contributed by atoms with Crippen molar-refractivity contribution in [3.05, 3.63) is 101 Å². The van der Waals surface area contributed by atoms with Crippen molar-refractivity contribution in [2.24, 2.45) is 0 Å². The van der Waals surface area contributed by atoms with Gasteiger partial charge in [0, 0.05) is 37.9 Å². The highest BCUT2D eigenvalue weighted by atomic mass is 32.1. The molecule has 5 nitrogen and oxygen atoms in total. The lowest BCUT2D eigenvalue weighted by molar-refractivity contribution is 0.0961. The van der Waals surface area contributed by atoms with Gasteiger partial charge in [0.2, 0.25) is 0 Å². The van der Waals surface area contributed by atoms with Gasteiger partial charge >= 0.3 is 0 Å². The minimum Gasteiger partial charge on any atom is -0.299 e. The highest BCUT2D eigenvalue weighted by Gasteiger charge is 2.32. The zero-order valence-corrected chi connectivity index (χ0v) is 19.0. The average Bonchev–Trinajstić information content (AvgIpc) is 3.51. The second kappa shape index (κ2) is 9.68. The fraction of sp³-hybridized carbons (Fsp3) is 0.231. The number of amides is 1. The molecule has 2 aromatic heterocycles. The molecule has 0 radical (unpaired) electrons. The number of hydrogen-bond acceptors (Lipinski definition) is 4. The Bertz CT molecular complexity index is 1200. The predicted molar refractivity (Wildman–Crippen MR) is 129 cm³/mol. The minimum atomic E-state index is -0.356. The summed E-state index contributed by atoms with van der Waals surface area (Å²) in [5.41, 5.74) is 2.22. The van der Waals surface area contributed by atoms with E-state index in [1.54, 1.807) is 15.6 Å². The molecule has 0 saturated carbocycles. The normalized spacial score (nSPS) is 14.9. The highest BCUT2D eigenvalue weighted by Crippen LogP contribution is 2.28. The Balaban J connectivity index is 1.37. The zero-order valence-electron chi connectivity index (χ0n) is 18.2. The molecule has 3 heterocycles. The molecule has 1 amide bonds. The van der Waals surface area contributed by atoms with Crippen LogP contribution in [0.4, 0.5) is 10.2 Å². The van der Waals surface area contributed by atoms with E-state index in [0.717, 1.165) is 49.5 Å². The van der Waals surface area contributed by atoms with Crippen molar-refractivity contribution >= 4 is 23.1 Å². The summed E-state index contributed by atoms with van der Waals surface area (Å²) in [5, 5.41) is 4.36. The summed E-state index contributed by atoms with van der Waals surface area (Å²) in [5.74, 6) is 0.405. The third-order valence-electron chi connectivity index (χ3n) is 6.02. The van der Waals surface area contributed by atoms with Gasteiger partial charge in [-0.3, -0.25) is 14.6 Å². The lowest BCUT2D eigenvalue weighted by atomic mass is 10.0. The van der Waals surface area contributed by atoms with Gasteiger partial charge in [0.25, 0.3) is 5.91 Å². The number of thiophene rings is 1. The third-order valence-corrected chi connectivity index (χ3v) is 6.88. The van der Waals surface area contributed by atoms with Crippen molar-refractivity contribution in [2.45, 2.75) is 25.4 Å². The molecular formula is C26H25FN4OS. The first-order chi connectivity index (χ1) is 16.2. The molecule has 0 aliphatic carbocycles. The maximum Gasteiger partial charge on any atom is 0.269 e. The molecule has 168 valence electrons. The summed E-state index contributed by atoms with van der Waals surface area (Å²) >= 11 is 0.885. The highest BCUT2D eigenvalue weighted by molar-refractivity contribution is 7.12. The number of halogens is 1. The van der Waals surface area contributed by atoms with Gasteiger partial charge in [0.1, 0.15) is 0 Å². The molecule has 1 aliphatic rings. The molecule has 0 atom stereocenters. The van der Waals surface area contributed by atoms with Crippen LogP contribution in [0.15, 0.2) is 85.1 Å². The first kappa shape index (κ1) is 21.6. The molecule has 0 N–H and O–H groups in total. The van der Waals surface area contributed by atoms with Gasteiger partial charge in [0.05, 0.1) is 10.6 Å². The molecule has 1 fully saturated rings. The van der Waals surface area contributed by atoms with Gasteiger partial charge in [-0.1, -0.05) is 48.5 Å². The standard InChI is InChI=1S/C26H25FN4OS/c27-24-12-11-23(33-24)26(32)31(25-15-18-30(28-25)21-9-5-2-6-10-21)22-13-16-29(17-14-22)19-20-7-3-1-4-8-20/h1-12,15,18,22H,13-14,16-17,19H2. The van der Waals surface area contributed by atoms with Gasteiger partial charge in [0.15, 0.2) is 10.9 Å². The van der Waals surface area contributed by atoms with Crippen LogP contribution in [-0.2, 0) is 6.54 Å². The maximum atomic E-state index is 13.7. The van der Waals surface area contributed by atoms with Crippen LogP contribution in [0.1, 0.15) is 28.1 Å². The minimum absolute atomic E-state index is 0.00816. The van der Waals surface area contributed by atoms with Crippen LogP contribution >= 0.6 is 11.3 Å². The molecule has 4 aromatic rings. The Morgan fingerprint density at radius 1 is 0.970 bits per heavy atom. The van der Waals surface area contributed by atoms with Gasteiger partial charge in [-0.2, -0.15) is 4.39 Å². The Morgan fingerprint density at radius 2 is 1.67 bits per heavy atom. The first-order valence-electron chi connectivity index (χ1n) is 11.1. The summed E-state index contributed by atoms with van der Waals surface area (Å²) in [6.45, 7) is 2.68. The summed E-state index contributed by atoms with van der Waals surface area (Å²) < 4.78 is 15.5. The van der Waals surface area contributed by atoms with E-state index < -0.39 is 0 Å². The van der Waals surface area contributed by atoms with Crippen molar-refractivity contribution in [3.63, 3.8) is 0 Å². The number of benzene rings is 2. The van der Waals surface area contributed by atoms with Crippen molar-refractivity contribution in [1.82, 2.24) is 14.7 Å². The Kier molecular flexibility index (Phi) is 6.32. The Hall–Kier alpha value is -3.29. The lowest BCUT2D eigenvalue weighted by Crippen LogP contribution is -2.47. The number of carbonyl (C=O) groups is 1. The van der Waals surface area contributed by atoms with Gasteiger partial charge in [-0.15, -0.1) is 16.4 Å². The van der Waals surface area contributed by atoms with Crippen LogP contribution in [-0.4, -0.2) is 39.7 Å². The van der Waals surface area contributed by atoms with E-state index in [9.17, 15) is 9.18 Å². The van der Waals surface area contributed by atoms with Crippen molar-refractivity contribution in [1.29, 1.82) is 0 Å². The molecule has 7 heteroatoms. The Morgan fingerprint density at radius 3 is 2.33 bits per heavy atom. The third kappa shape index (κ3) is 4.89. The molecule has 33 heavy (non-hydrogen) atoms. The quantitative estimate of drug-likeness (QED) is 0.388. The molecule has 0 unspecified atom stereocenters. The van der Waals surface area contributed by atoms with Gasteiger partial charge in [-0.25, -0.2) is 4.68 Å². The molecule has 1 aliphatic heterocycles. The first-order valence-corrected chi connectivity index (χ1v) is 12.0. The summed E-state index contributed by atoms with van der Waals surface area (Å²) in [6, 6.07) is 25.0.